The predicted molar refractivity (Wildman–Crippen MR) is 89.2 cm³/mol. The van der Waals surface area contributed by atoms with Crippen molar-refractivity contribution in [3.63, 3.8) is 0 Å². The number of carbonyl (C=O) groups is 2. The summed E-state index contributed by atoms with van der Waals surface area (Å²) in [6.45, 7) is 4.26. The highest BCUT2D eigenvalue weighted by atomic mass is 32.2. The zero-order valence-electron chi connectivity index (χ0n) is 12.8. The van der Waals surface area contributed by atoms with Gasteiger partial charge in [0.25, 0.3) is 0 Å². The summed E-state index contributed by atoms with van der Waals surface area (Å²) in [7, 11) is 0. The van der Waals surface area contributed by atoms with Crippen molar-refractivity contribution < 1.29 is 9.59 Å². The van der Waals surface area contributed by atoms with Gasteiger partial charge in [0.15, 0.2) is 0 Å². The Morgan fingerprint density at radius 2 is 2.09 bits per heavy atom. The maximum Gasteiger partial charge on any atom is 0.245 e. The maximum atomic E-state index is 12.7. The van der Waals surface area contributed by atoms with Gasteiger partial charge < -0.3 is 9.80 Å². The number of rotatable bonds is 3. The third-order valence-corrected chi connectivity index (χ3v) is 5.94. The Kier molecular flexibility index (Phi) is 5.03. The Morgan fingerprint density at radius 1 is 1.32 bits per heavy atom. The van der Waals surface area contributed by atoms with Crippen molar-refractivity contribution in [1.82, 2.24) is 14.8 Å². The van der Waals surface area contributed by atoms with Gasteiger partial charge in [-0.3, -0.25) is 9.59 Å². The van der Waals surface area contributed by atoms with Crippen LogP contribution in [0.25, 0.3) is 0 Å². The molecule has 22 heavy (non-hydrogen) atoms. The Hall–Kier alpha value is -1.08. The van der Waals surface area contributed by atoms with Crippen molar-refractivity contribution in [2.45, 2.75) is 32.2 Å². The molecular formula is C15H21N3O2S2. The fourth-order valence-corrected chi connectivity index (χ4v) is 4.58. The van der Waals surface area contributed by atoms with E-state index < -0.39 is 0 Å². The van der Waals surface area contributed by atoms with Crippen LogP contribution < -0.4 is 0 Å². The van der Waals surface area contributed by atoms with Gasteiger partial charge in [0.1, 0.15) is 6.04 Å². The van der Waals surface area contributed by atoms with Crippen molar-refractivity contribution in [2.75, 3.05) is 31.1 Å². The van der Waals surface area contributed by atoms with E-state index in [-0.39, 0.29) is 17.9 Å². The monoisotopic (exact) mass is 339 g/mol. The lowest BCUT2D eigenvalue weighted by Crippen LogP contribution is -2.50. The van der Waals surface area contributed by atoms with Gasteiger partial charge in [-0.1, -0.05) is 0 Å². The van der Waals surface area contributed by atoms with Crippen LogP contribution >= 0.6 is 23.1 Å². The molecule has 0 radical (unpaired) electrons. The number of hydrogen-bond acceptors (Lipinski definition) is 5. The van der Waals surface area contributed by atoms with Crippen LogP contribution in [0.15, 0.2) is 5.38 Å². The second-order valence-electron chi connectivity index (χ2n) is 5.72. The highest BCUT2D eigenvalue weighted by molar-refractivity contribution is 7.99. The smallest absolute Gasteiger partial charge is 0.245 e. The van der Waals surface area contributed by atoms with E-state index in [1.54, 1.807) is 16.2 Å². The van der Waals surface area contributed by atoms with Crippen LogP contribution in [0.3, 0.4) is 0 Å². The summed E-state index contributed by atoms with van der Waals surface area (Å²) in [6.07, 6.45) is 2.02. The van der Waals surface area contributed by atoms with Crippen molar-refractivity contribution in [3.05, 3.63) is 16.1 Å². The molecule has 120 valence electrons. The normalized spacial score (nSPS) is 22.1. The zero-order valence-corrected chi connectivity index (χ0v) is 14.4. The molecule has 2 aliphatic rings. The molecule has 0 unspecified atom stereocenters. The van der Waals surface area contributed by atoms with Crippen LogP contribution in [-0.4, -0.2) is 63.8 Å². The molecule has 0 saturated carbocycles. The number of amides is 2. The summed E-state index contributed by atoms with van der Waals surface area (Å²) in [4.78, 5) is 33.3. The number of thiazole rings is 1. The molecule has 2 aliphatic heterocycles. The molecule has 0 bridgehead atoms. The Balaban J connectivity index is 1.64. The van der Waals surface area contributed by atoms with Crippen molar-refractivity contribution in [3.8, 4) is 0 Å². The molecule has 5 nitrogen and oxygen atoms in total. The molecule has 0 aliphatic carbocycles. The van der Waals surface area contributed by atoms with Gasteiger partial charge in [-0.15, -0.1) is 11.3 Å². The number of nitrogens with zero attached hydrogens (tertiary/aromatic N) is 3. The number of hydrogen-bond donors (Lipinski definition) is 0. The standard InChI is InChI=1S/C15H21N3O2S2/c1-11-16-12(10-22-11)9-14(19)18-4-2-3-13(18)15(20)17-5-7-21-8-6-17/h10,13H,2-9H2,1H3/t13-/m0/s1. The molecule has 0 N–H and O–H groups in total. The van der Waals surface area contributed by atoms with E-state index in [1.807, 2.05) is 29.0 Å². The van der Waals surface area contributed by atoms with Crippen LogP contribution in [-0.2, 0) is 16.0 Å². The third-order valence-electron chi connectivity index (χ3n) is 4.18. The third kappa shape index (κ3) is 3.46. The average molecular weight is 339 g/mol. The first-order chi connectivity index (χ1) is 10.6. The molecule has 0 spiro atoms. The average Bonchev–Trinajstić information content (AvgIpc) is 3.16. The van der Waals surface area contributed by atoms with E-state index in [2.05, 4.69) is 4.98 Å². The molecule has 1 aromatic rings. The second-order valence-corrected chi connectivity index (χ2v) is 8.00. The van der Waals surface area contributed by atoms with Crippen molar-refractivity contribution in [1.29, 1.82) is 0 Å². The van der Waals surface area contributed by atoms with Gasteiger partial charge in [-0.25, -0.2) is 4.98 Å². The van der Waals surface area contributed by atoms with Crippen LogP contribution in [0.5, 0.6) is 0 Å². The molecule has 2 saturated heterocycles. The summed E-state index contributed by atoms with van der Waals surface area (Å²) in [6, 6.07) is -0.254. The van der Waals surface area contributed by atoms with E-state index in [4.69, 9.17) is 0 Å². The van der Waals surface area contributed by atoms with Gasteiger partial charge in [-0.05, 0) is 19.8 Å². The van der Waals surface area contributed by atoms with Gasteiger partial charge in [0, 0.05) is 36.5 Å². The summed E-state index contributed by atoms with van der Waals surface area (Å²) < 4.78 is 0. The number of thioether (sulfide) groups is 1. The number of aryl methyl sites for hydroxylation is 1. The van der Waals surface area contributed by atoms with E-state index >= 15 is 0 Å². The summed E-state index contributed by atoms with van der Waals surface area (Å²) >= 11 is 3.45. The van der Waals surface area contributed by atoms with E-state index in [0.717, 1.165) is 48.1 Å². The van der Waals surface area contributed by atoms with Crippen LogP contribution in [0.1, 0.15) is 23.5 Å². The Labute approximate surface area is 139 Å². The zero-order chi connectivity index (χ0) is 15.5. The fourth-order valence-electron chi connectivity index (χ4n) is 3.06. The van der Waals surface area contributed by atoms with Crippen molar-refractivity contribution in [2.24, 2.45) is 0 Å². The molecule has 1 atom stereocenters. The molecule has 7 heteroatoms. The lowest BCUT2D eigenvalue weighted by atomic mass is 10.1. The molecular weight excluding hydrogens is 318 g/mol. The lowest BCUT2D eigenvalue weighted by Gasteiger charge is -2.32. The molecule has 3 rings (SSSR count). The van der Waals surface area contributed by atoms with E-state index in [1.165, 1.54) is 0 Å². The van der Waals surface area contributed by atoms with Gasteiger partial charge >= 0.3 is 0 Å². The SMILES string of the molecule is Cc1nc(CC(=O)N2CCC[C@H]2C(=O)N2CCSCC2)cs1. The van der Waals surface area contributed by atoms with Gasteiger partial charge in [0.05, 0.1) is 17.1 Å². The summed E-state index contributed by atoms with van der Waals surface area (Å²) in [5.41, 5.74) is 0.819. The lowest BCUT2D eigenvalue weighted by molar-refractivity contribution is -0.143. The van der Waals surface area contributed by atoms with Crippen LogP contribution in [0.2, 0.25) is 0 Å². The van der Waals surface area contributed by atoms with Gasteiger partial charge in [0.2, 0.25) is 11.8 Å². The fraction of sp³-hybridized carbons (Fsp3) is 0.667. The van der Waals surface area contributed by atoms with E-state index in [0.29, 0.717) is 13.0 Å². The minimum absolute atomic E-state index is 0.0348. The summed E-state index contributed by atoms with van der Waals surface area (Å²) in [5, 5.41) is 2.91. The minimum Gasteiger partial charge on any atom is -0.339 e. The highest BCUT2D eigenvalue weighted by Gasteiger charge is 2.36. The van der Waals surface area contributed by atoms with E-state index in [9.17, 15) is 9.59 Å². The van der Waals surface area contributed by atoms with Gasteiger partial charge in [-0.2, -0.15) is 11.8 Å². The Morgan fingerprint density at radius 3 is 2.77 bits per heavy atom. The number of carbonyl (C=O) groups excluding carboxylic acids is 2. The Bertz CT molecular complexity index is 555. The maximum absolute atomic E-state index is 12.7. The first-order valence-electron chi connectivity index (χ1n) is 7.72. The molecule has 1 aromatic heterocycles. The topological polar surface area (TPSA) is 53.5 Å². The summed E-state index contributed by atoms with van der Waals surface area (Å²) in [5.74, 6) is 2.18. The highest BCUT2D eigenvalue weighted by Crippen LogP contribution is 2.22. The number of likely N-dealkylation sites (tertiary alicyclic amines) is 1. The minimum atomic E-state index is -0.254. The van der Waals surface area contributed by atoms with Crippen molar-refractivity contribution >= 4 is 34.9 Å². The molecule has 2 fully saturated rings. The first-order valence-corrected chi connectivity index (χ1v) is 9.75. The molecule has 3 heterocycles. The van der Waals surface area contributed by atoms with Crippen LogP contribution in [0.4, 0.5) is 0 Å². The largest absolute Gasteiger partial charge is 0.339 e. The second kappa shape index (κ2) is 7.00. The molecule has 0 aromatic carbocycles. The first kappa shape index (κ1) is 15.8. The molecule has 2 amide bonds. The van der Waals surface area contributed by atoms with Crippen LogP contribution in [0, 0.1) is 6.92 Å². The number of aromatic nitrogens is 1. The quantitative estimate of drug-likeness (QED) is 0.839. The predicted octanol–water partition coefficient (Wildman–Crippen LogP) is 1.56.